The molecule has 6 rings (SSSR count). The third-order valence-electron chi connectivity index (χ3n) is 8.39. The van der Waals surface area contributed by atoms with E-state index in [2.05, 4.69) is 39.4 Å². The molecule has 0 aliphatic carbocycles. The predicted molar refractivity (Wildman–Crippen MR) is 149 cm³/mol. The smallest absolute Gasteiger partial charge is 0.258 e. The SMILES string of the molecule is COc1cn(C[C@H](O)CN2CCc3ccccc3C2)c(=O)c2ccc(NC3CCN(C4COC4)CC3)cc12. The Morgan fingerprint density at radius 3 is 2.58 bits per heavy atom. The van der Waals surface area contributed by atoms with E-state index < -0.39 is 6.10 Å². The zero-order valence-electron chi connectivity index (χ0n) is 22.1. The lowest BCUT2D eigenvalue weighted by Crippen LogP contribution is -2.53. The van der Waals surface area contributed by atoms with Crippen molar-refractivity contribution < 1.29 is 14.6 Å². The largest absolute Gasteiger partial charge is 0.495 e. The van der Waals surface area contributed by atoms with Gasteiger partial charge in [-0.2, -0.15) is 0 Å². The lowest BCUT2D eigenvalue weighted by atomic mass is 10.00. The number of piperidine rings is 1. The molecular weight excluding hydrogens is 480 g/mol. The number of aromatic nitrogens is 1. The normalized spacial score (nSPS) is 20.2. The molecule has 2 fully saturated rings. The number of β-amino-alcohol motifs (C(OH)–C–C–N with tert-alkyl or cyclic N) is 1. The lowest BCUT2D eigenvalue weighted by molar-refractivity contribution is -0.0705. The molecule has 0 radical (unpaired) electrons. The summed E-state index contributed by atoms with van der Waals surface area (Å²) < 4.78 is 12.6. The minimum atomic E-state index is -0.654. The molecule has 2 saturated heterocycles. The highest BCUT2D eigenvalue weighted by Crippen LogP contribution is 2.28. The zero-order valence-corrected chi connectivity index (χ0v) is 22.1. The van der Waals surface area contributed by atoms with Gasteiger partial charge in [0.15, 0.2) is 0 Å². The summed E-state index contributed by atoms with van der Waals surface area (Å²) >= 11 is 0. The molecule has 0 bridgehead atoms. The van der Waals surface area contributed by atoms with Crippen LogP contribution in [0.15, 0.2) is 53.5 Å². The Labute approximate surface area is 223 Å². The molecule has 3 aliphatic heterocycles. The molecule has 4 heterocycles. The molecule has 3 aliphatic rings. The van der Waals surface area contributed by atoms with E-state index in [0.717, 1.165) is 69.7 Å². The van der Waals surface area contributed by atoms with Crippen LogP contribution in [0.3, 0.4) is 0 Å². The molecule has 8 heteroatoms. The number of rotatable bonds is 8. The number of fused-ring (bicyclic) bond motifs is 2. The maximum atomic E-state index is 13.4. The fraction of sp³-hybridized carbons (Fsp3) is 0.500. The van der Waals surface area contributed by atoms with Gasteiger partial charge in [-0.1, -0.05) is 24.3 Å². The monoisotopic (exact) mass is 518 g/mol. The summed E-state index contributed by atoms with van der Waals surface area (Å²) in [7, 11) is 1.63. The number of likely N-dealkylation sites (tertiary alicyclic amines) is 1. The Hall–Kier alpha value is -2.91. The van der Waals surface area contributed by atoms with E-state index in [1.807, 2.05) is 18.2 Å². The van der Waals surface area contributed by atoms with E-state index in [1.54, 1.807) is 17.9 Å². The second-order valence-electron chi connectivity index (χ2n) is 11.0. The third-order valence-corrected chi connectivity index (χ3v) is 8.39. The van der Waals surface area contributed by atoms with Gasteiger partial charge in [0.2, 0.25) is 0 Å². The van der Waals surface area contributed by atoms with Crippen LogP contribution in [0.4, 0.5) is 5.69 Å². The highest BCUT2D eigenvalue weighted by Gasteiger charge is 2.29. The van der Waals surface area contributed by atoms with Gasteiger partial charge in [0.05, 0.1) is 44.4 Å². The summed E-state index contributed by atoms with van der Waals surface area (Å²) in [6.07, 6.45) is 4.25. The first kappa shape index (κ1) is 25.4. The van der Waals surface area contributed by atoms with Crippen molar-refractivity contribution >= 4 is 16.5 Å². The van der Waals surface area contributed by atoms with Gasteiger partial charge < -0.3 is 24.5 Å². The van der Waals surface area contributed by atoms with Crippen LogP contribution in [0.25, 0.3) is 10.8 Å². The van der Waals surface area contributed by atoms with Crippen LogP contribution in [0.2, 0.25) is 0 Å². The molecule has 0 amide bonds. The molecule has 38 heavy (non-hydrogen) atoms. The standard InChI is InChI=1S/C30H38N4O4/c1-37-29-18-34(17-26(35)16-32-11-8-21-4-2-3-5-22(21)15-32)30(36)27-7-6-24(14-28(27)29)31-23-9-12-33(13-10-23)25-19-38-20-25/h2-7,14,18,23,25-26,31,35H,8-13,15-17,19-20H2,1H3/t26-/m1/s1. The Bertz CT molecular complexity index is 1330. The van der Waals surface area contributed by atoms with Gasteiger partial charge in [0.1, 0.15) is 5.75 Å². The number of hydrogen-bond donors (Lipinski definition) is 2. The number of aliphatic hydroxyl groups is 1. The second kappa shape index (κ2) is 11.1. The van der Waals surface area contributed by atoms with E-state index in [4.69, 9.17) is 9.47 Å². The van der Waals surface area contributed by atoms with Crippen molar-refractivity contribution in [3.05, 3.63) is 70.1 Å². The van der Waals surface area contributed by atoms with Crippen molar-refractivity contribution in [1.82, 2.24) is 14.4 Å². The molecule has 1 aromatic heterocycles. The summed E-state index contributed by atoms with van der Waals surface area (Å²) in [5, 5.41) is 16.0. The van der Waals surface area contributed by atoms with Crippen molar-refractivity contribution in [3.63, 3.8) is 0 Å². The van der Waals surface area contributed by atoms with E-state index in [1.165, 1.54) is 11.1 Å². The Balaban J connectivity index is 1.12. The van der Waals surface area contributed by atoms with Gasteiger partial charge in [0.25, 0.3) is 5.56 Å². The Morgan fingerprint density at radius 1 is 1.05 bits per heavy atom. The van der Waals surface area contributed by atoms with Crippen LogP contribution in [-0.4, -0.2) is 84.2 Å². The quantitative estimate of drug-likeness (QED) is 0.475. The summed E-state index contributed by atoms with van der Waals surface area (Å²) in [5.41, 5.74) is 3.60. The fourth-order valence-corrected chi connectivity index (χ4v) is 6.12. The fourth-order valence-electron chi connectivity index (χ4n) is 6.12. The second-order valence-corrected chi connectivity index (χ2v) is 11.0. The summed E-state index contributed by atoms with van der Waals surface area (Å²) in [5.74, 6) is 0.641. The van der Waals surface area contributed by atoms with Crippen molar-refractivity contribution in [2.45, 2.75) is 50.5 Å². The first-order chi connectivity index (χ1) is 18.6. The molecule has 0 unspecified atom stereocenters. The number of methoxy groups -OCH3 is 1. The van der Waals surface area contributed by atoms with Gasteiger partial charge in [0, 0.05) is 56.0 Å². The molecule has 8 nitrogen and oxygen atoms in total. The number of nitrogens with one attached hydrogen (secondary N) is 1. The van der Waals surface area contributed by atoms with Crippen LogP contribution in [0, 0.1) is 0 Å². The highest BCUT2D eigenvalue weighted by molar-refractivity contribution is 5.90. The van der Waals surface area contributed by atoms with Crippen LogP contribution in [-0.2, 0) is 24.2 Å². The van der Waals surface area contributed by atoms with E-state index >= 15 is 0 Å². The van der Waals surface area contributed by atoms with Crippen molar-refractivity contribution in [2.24, 2.45) is 0 Å². The third kappa shape index (κ3) is 5.31. The molecule has 202 valence electrons. The molecular formula is C30H38N4O4. The van der Waals surface area contributed by atoms with E-state index in [0.29, 0.717) is 29.8 Å². The van der Waals surface area contributed by atoms with E-state index in [9.17, 15) is 9.90 Å². The first-order valence-corrected chi connectivity index (χ1v) is 13.8. The number of benzene rings is 2. The summed E-state index contributed by atoms with van der Waals surface area (Å²) in [6.45, 7) is 6.39. The topological polar surface area (TPSA) is 79.2 Å². The van der Waals surface area contributed by atoms with Gasteiger partial charge >= 0.3 is 0 Å². The van der Waals surface area contributed by atoms with Crippen LogP contribution < -0.4 is 15.6 Å². The minimum Gasteiger partial charge on any atom is -0.495 e. The van der Waals surface area contributed by atoms with Gasteiger partial charge in [-0.05, 0) is 48.6 Å². The number of nitrogens with zero attached hydrogens (tertiary/aromatic N) is 3. The molecule has 2 N–H and O–H groups in total. The summed E-state index contributed by atoms with van der Waals surface area (Å²) in [6, 6.07) is 15.4. The molecule has 0 saturated carbocycles. The lowest BCUT2D eigenvalue weighted by Gasteiger charge is -2.41. The van der Waals surface area contributed by atoms with Gasteiger partial charge in [-0.25, -0.2) is 0 Å². The molecule has 0 spiro atoms. The highest BCUT2D eigenvalue weighted by atomic mass is 16.5. The van der Waals surface area contributed by atoms with Crippen LogP contribution in [0.5, 0.6) is 5.75 Å². The predicted octanol–water partition coefficient (Wildman–Crippen LogP) is 2.70. The number of hydrogen-bond acceptors (Lipinski definition) is 7. The zero-order chi connectivity index (χ0) is 26.1. The maximum Gasteiger partial charge on any atom is 0.258 e. The number of aliphatic hydroxyl groups excluding tert-OH is 1. The molecule has 1 atom stereocenters. The Morgan fingerprint density at radius 2 is 1.84 bits per heavy atom. The maximum absolute atomic E-state index is 13.4. The summed E-state index contributed by atoms with van der Waals surface area (Å²) in [4.78, 5) is 18.2. The van der Waals surface area contributed by atoms with Gasteiger partial charge in [-0.3, -0.25) is 14.6 Å². The first-order valence-electron chi connectivity index (χ1n) is 13.8. The van der Waals surface area contributed by atoms with Crippen molar-refractivity contribution in [1.29, 1.82) is 0 Å². The molecule has 2 aromatic carbocycles. The Kier molecular flexibility index (Phi) is 7.39. The van der Waals surface area contributed by atoms with Crippen LogP contribution >= 0.6 is 0 Å². The minimum absolute atomic E-state index is 0.105. The molecule has 3 aromatic rings. The van der Waals surface area contributed by atoms with Crippen molar-refractivity contribution in [3.8, 4) is 5.75 Å². The number of pyridine rings is 1. The number of anilines is 1. The van der Waals surface area contributed by atoms with Gasteiger partial charge in [-0.15, -0.1) is 0 Å². The number of ether oxygens (including phenoxy) is 2. The van der Waals surface area contributed by atoms with Crippen LogP contribution in [0.1, 0.15) is 24.0 Å². The van der Waals surface area contributed by atoms with Crippen molar-refractivity contribution in [2.75, 3.05) is 51.8 Å². The average molecular weight is 519 g/mol. The average Bonchev–Trinajstić information content (AvgIpc) is 2.90. The van der Waals surface area contributed by atoms with E-state index in [-0.39, 0.29) is 12.1 Å².